The molecule has 2 fully saturated rings. The fourth-order valence-electron chi connectivity index (χ4n) is 4.32. The molecule has 0 aromatic heterocycles. The highest BCUT2D eigenvalue weighted by Gasteiger charge is 2.43. The van der Waals surface area contributed by atoms with Crippen molar-refractivity contribution in [2.75, 3.05) is 39.8 Å². The van der Waals surface area contributed by atoms with Crippen LogP contribution in [0.25, 0.3) is 0 Å². The molecular weight excluding hydrogens is 348 g/mol. The third-order valence-corrected chi connectivity index (χ3v) is 6.41. The van der Waals surface area contributed by atoms with Crippen molar-refractivity contribution in [2.24, 2.45) is 0 Å². The number of ether oxygens (including phenoxy) is 1. The second-order valence-corrected chi connectivity index (χ2v) is 8.46. The van der Waals surface area contributed by atoms with Crippen molar-refractivity contribution in [2.45, 2.75) is 37.4 Å². The predicted octanol–water partition coefficient (Wildman–Crippen LogP) is 3.51. The molecule has 28 heavy (non-hydrogen) atoms. The molecule has 1 saturated carbocycles. The van der Waals surface area contributed by atoms with Crippen LogP contribution in [0.5, 0.6) is 5.75 Å². The Morgan fingerprint density at radius 2 is 1.75 bits per heavy atom. The summed E-state index contributed by atoms with van der Waals surface area (Å²) in [5.41, 5.74) is 1.80. The average Bonchev–Trinajstić information content (AvgIpc) is 2.71. The number of hydrogen-bond donors (Lipinski definition) is 1. The number of aliphatic hydroxyl groups is 1. The maximum atomic E-state index is 11.2. The van der Waals surface area contributed by atoms with Gasteiger partial charge in [0.25, 0.3) is 0 Å². The van der Waals surface area contributed by atoms with Crippen LogP contribution in [0.2, 0.25) is 0 Å². The van der Waals surface area contributed by atoms with E-state index in [9.17, 15) is 5.11 Å². The minimum Gasteiger partial charge on any atom is -0.489 e. The number of benzene rings is 2. The van der Waals surface area contributed by atoms with Crippen molar-refractivity contribution in [3.63, 3.8) is 0 Å². The molecule has 150 valence electrons. The Labute approximate surface area is 168 Å². The van der Waals surface area contributed by atoms with Gasteiger partial charge in [-0.05, 0) is 49.6 Å². The standard InChI is InChI=1S/C24H32N2O2/c1-25-13-15-26(16-14-25)18-23(24(27)11-6-12-24)21-9-5-10-22(17-21)28-19-20-7-3-2-4-8-20/h2-5,7-10,17,23,27H,6,11-16,18-19H2,1H3. The molecule has 1 atom stereocenters. The fraction of sp³-hybridized carbons (Fsp3) is 0.500. The Balaban J connectivity index is 1.48. The Hall–Kier alpha value is -1.88. The molecule has 1 unspecified atom stereocenters. The van der Waals surface area contributed by atoms with E-state index in [4.69, 9.17) is 4.74 Å². The summed E-state index contributed by atoms with van der Waals surface area (Å²) < 4.78 is 6.05. The van der Waals surface area contributed by atoms with Gasteiger partial charge in [-0.3, -0.25) is 0 Å². The normalized spacial score (nSPS) is 21.1. The van der Waals surface area contributed by atoms with Gasteiger partial charge < -0.3 is 19.6 Å². The van der Waals surface area contributed by atoms with Crippen molar-refractivity contribution >= 4 is 0 Å². The second kappa shape index (κ2) is 8.64. The third-order valence-electron chi connectivity index (χ3n) is 6.41. The molecule has 0 radical (unpaired) electrons. The van der Waals surface area contributed by atoms with E-state index in [-0.39, 0.29) is 5.92 Å². The number of piperazine rings is 1. The second-order valence-electron chi connectivity index (χ2n) is 8.46. The van der Waals surface area contributed by atoms with Crippen LogP contribution in [-0.2, 0) is 6.61 Å². The summed E-state index contributed by atoms with van der Waals surface area (Å²) in [6.07, 6.45) is 2.93. The van der Waals surface area contributed by atoms with Gasteiger partial charge in [0.2, 0.25) is 0 Å². The summed E-state index contributed by atoms with van der Waals surface area (Å²) in [5, 5.41) is 11.2. The van der Waals surface area contributed by atoms with E-state index >= 15 is 0 Å². The van der Waals surface area contributed by atoms with Crippen LogP contribution in [0.3, 0.4) is 0 Å². The van der Waals surface area contributed by atoms with Crippen molar-refractivity contribution in [1.29, 1.82) is 0 Å². The first kappa shape index (κ1) is 19.4. The fourth-order valence-corrected chi connectivity index (χ4v) is 4.32. The molecule has 2 aliphatic rings. The molecule has 0 bridgehead atoms. The van der Waals surface area contributed by atoms with E-state index in [0.29, 0.717) is 6.61 Å². The van der Waals surface area contributed by atoms with Gasteiger partial charge in [0.05, 0.1) is 5.60 Å². The third kappa shape index (κ3) is 4.57. The zero-order chi connectivity index (χ0) is 19.4. The summed E-state index contributed by atoms with van der Waals surface area (Å²) in [6.45, 7) is 5.85. The van der Waals surface area contributed by atoms with E-state index in [1.165, 1.54) is 11.1 Å². The molecular formula is C24H32N2O2. The van der Waals surface area contributed by atoms with Gasteiger partial charge in [0, 0.05) is 38.6 Å². The summed E-state index contributed by atoms with van der Waals surface area (Å²) in [4.78, 5) is 4.89. The molecule has 1 saturated heterocycles. The lowest BCUT2D eigenvalue weighted by Crippen LogP contribution is -2.51. The molecule has 2 aromatic rings. The highest BCUT2D eigenvalue weighted by Crippen LogP contribution is 2.44. The summed E-state index contributed by atoms with van der Waals surface area (Å²) >= 11 is 0. The zero-order valence-corrected chi connectivity index (χ0v) is 16.9. The van der Waals surface area contributed by atoms with Gasteiger partial charge in [-0.2, -0.15) is 0 Å². The quantitative estimate of drug-likeness (QED) is 0.797. The van der Waals surface area contributed by atoms with Crippen LogP contribution in [-0.4, -0.2) is 60.3 Å². The summed E-state index contributed by atoms with van der Waals surface area (Å²) in [6, 6.07) is 18.6. The summed E-state index contributed by atoms with van der Waals surface area (Å²) in [5.74, 6) is 1.03. The van der Waals surface area contributed by atoms with Crippen molar-refractivity contribution < 1.29 is 9.84 Å². The molecule has 0 spiro atoms. The highest BCUT2D eigenvalue weighted by molar-refractivity contribution is 5.34. The molecule has 1 aliphatic heterocycles. The molecule has 2 aromatic carbocycles. The van der Waals surface area contributed by atoms with Crippen LogP contribution >= 0.6 is 0 Å². The first-order valence-corrected chi connectivity index (χ1v) is 10.5. The lowest BCUT2D eigenvalue weighted by molar-refractivity contribution is -0.0665. The van der Waals surface area contributed by atoms with Crippen molar-refractivity contribution in [3.8, 4) is 5.75 Å². The Bertz CT molecular complexity index is 752. The zero-order valence-electron chi connectivity index (χ0n) is 16.9. The number of nitrogens with zero attached hydrogens (tertiary/aromatic N) is 2. The van der Waals surface area contributed by atoms with Gasteiger partial charge in [-0.25, -0.2) is 0 Å². The lowest BCUT2D eigenvalue weighted by Gasteiger charge is -2.46. The topological polar surface area (TPSA) is 35.9 Å². The SMILES string of the molecule is CN1CCN(CC(c2cccc(OCc3ccccc3)c2)C2(O)CCC2)CC1. The van der Waals surface area contributed by atoms with Crippen molar-refractivity contribution in [3.05, 3.63) is 65.7 Å². The van der Waals surface area contributed by atoms with Crippen LogP contribution in [0, 0.1) is 0 Å². The van der Waals surface area contributed by atoms with Crippen LogP contribution < -0.4 is 4.74 Å². The summed E-state index contributed by atoms with van der Waals surface area (Å²) in [7, 11) is 2.18. The number of hydrogen-bond acceptors (Lipinski definition) is 4. The van der Waals surface area contributed by atoms with Gasteiger partial charge in [0.1, 0.15) is 12.4 Å². The van der Waals surface area contributed by atoms with E-state index in [2.05, 4.69) is 47.2 Å². The minimum absolute atomic E-state index is 0.143. The molecule has 4 heteroatoms. The molecule has 4 nitrogen and oxygen atoms in total. The first-order valence-electron chi connectivity index (χ1n) is 10.5. The van der Waals surface area contributed by atoms with Gasteiger partial charge in [-0.15, -0.1) is 0 Å². The largest absolute Gasteiger partial charge is 0.489 e. The minimum atomic E-state index is -0.568. The molecule has 1 aliphatic carbocycles. The first-order chi connectivity index (χ1) is 13.6. The van der Waals surface area contributed by atoms with Crippen LogP contribution in [0.4, 0.5) is 0 Å². The number of rotatable bonds is 7. The Morgan fingerprint density at radius 1 is 1.00 bits per heavy atom. The van der Waals surface area contributed by atoms with E-state index in [1.54, 1.807) is 0 Å². The Kier molecular flexibility index (Phi) is 6.00. The maximum Gasteiger partial charge on any atom is 0.120 e. The molecule has 1 heterocycles. The number of likely N-dealkylation sites (N-methyl/N-ethyl adjacent to an activating group) is 1. The Morgan fingerprint density at radius 3 is 2.43 bits per heavy atom. The van der Waals surface area contributed by atoms with E-state index < -0.39 is 5.60 Å². The molecule has 4 rings (SSSR count). The van der Waals surface area contributed by atoms with Gasteiger partial charge in [0.15, 0.2) is 0 Å². The van der Waals surface area contributed by atoms with Crippen LogP contribution in [0.1, 0.15) is 36.3 Å². The van der Waals surface area contributed by atoms with Crippen LogP contribution in [0.15, 0.2) is 54.6 Å². The maximum absolute atomic E-state index is 11.2. The average molecular weight is 381 g/mol. The van der Waals surface area contributed by atoms with Crippen molar-refractivity contribution in [1.82, 2.24) is 9.80 Å². The highest BCUT2D eigenvalue weighted by atomic mass is 16.5. The molecule has 1 N–H and O–H groups in total. The van der Waals surface area contributed by atoms with E-state index in [0.717, 1.165) is 57.7 Å². The molecule has 0 amide bonds. The lowest BCUT2D eigenvalue weighted by atomic mass is 9.68. The monoisotopic (exact) mass is 380 g/mol. The smallest absolute Gasteiger partial charge is 0.120 e. The van der Waals surface area contributed by atoms with E-state index in [1.807, 2.05) is 24.3 Å². The van der Waals surface area contributed by atoms with Gasteiger partial charge >= 0.3 is 0 Å². The van der Waals surface area contributed by atoms with Gasteiger partial charge in [-0.1, -0.05) is 42.5 Å². The predicted molar refractivity (Wildman–Crippen MR) is 113 cm³/mol.